The first kappa shape index (κ1) is 19.4. The Bertz CT molecular complexity index is 865. The largest absolute Gasteiger partial charge is 0.444 e. The van der Waals surface area contributed by atoms with E-state index in [0.717, 1.165) is 30.2 Å². The first-order valence-corrected chi connectivity index (χ1v) is 10.7. The van der Waals surface area contributed by atoms with Crippen LogP contribution in [0.4, 0.5) is 10.5 Å². The van der Waals surface area contributed by atoms with E-state index in [1.165, 1.54) is 0 Å². The average molecular weight is 389 g/mol. The molecule has 1 aliphatic carbocycles. The van der Waals surface area contributed by atoms with Crippen LogP contribution in [0.15, 0.2) is 54.6 Å². The van der Waals surface area contributed by atoms with E-state index < -0.39 is 16.2 Å². The zero-order valence-corrected chi connectivity index (χ0v) is 15.9. The minimum atomic E-state index is -3.42. The molecule has 2 unspecified atom stereocenters. The molecule has 1 amide bonds. The van der Waals surface area contributed by atoms with Crippen LogP contribution in [0.5, 0.6) is 0 Å². The van der Waals surface area contributed by atoms with Crippen molar-refractivity contribution >= 4 is 21.9 Å². The number of rotatable bonds is 6. The third kappa shape index (κ3) is 6.08. The lowest BCUT2D eigenvalue weighted by atomic mass is 9.97. The van der Waals surface area contributed by atoms with E-state index in [1.807, 2.05) is 54.6 Å². The Morgan fingerprint density at radius 3 is 2.44 bits per heavy atom. The molecule has 27 heavy (non-hydrogen) atoms. The van der Waals surface area contributed by atoms with Crippen LogP contribution in [0.25, 0.3) is 0 Å². The normalized spacial score (nSPS) is 19.6. The molecule has 0 radical (unpaired) electrons. The standard InChI is InChI=1S/C20H23NO5S/c1-27(23,24)26-19-12-9-17(13-19)16-7-10-18(11-8-16)21-20(22)25-14-15-5-3-2-4-6-15/h2-8,10-11,17,19H,9,12-14H2,1H3,(H,21,22). The van der Waals surface area contributed by atoms with E-state index in [-0.39, 0.29) is 18.6 Å². The molecular formula is C20H23NO5S. The average Bonchev–Trinajstić information content (AvgIpc) is 3.08. The highest BCUT2D eigenvalue weighted by atomic mass is 32.2. The molecule has 0 bridgehead atoms. The van der Waals surface area contributed by atoms with Gasteiger partial charge in [0, 0.05) is 5.69 Å². The quantitative estimate of drug-likeness (QED) is 0.754. The van der Waals surface area contributed by atoms with Gasteiger partial charge in [-0.1, -0.05) is 42.5 Å². The Hall–Kier alpha value is -2.38. The summed E-state index contributed by atoms with van der Waals surface area (Å²) in [6.45, 7) is 0.217. The number of hydrogen-bond donors (Lipinski definition) is 1. The fourth-order valence-corrected chi connectivity index (χ4v) is 3.96. The molecule has 0 saturated heterocycles. The van der Waals surface area contributed by atoms with Crippen LogP contribution >= 0.6 is 0 Å². The molecule has 0 heterocycles. The first-order valence-electron chi connectivity index (χ1n) is 8.85. The van der Waals surface area contributed by atoms with Gasteiger partial charge in [-0.05, 0) is 48.4 Å². The van der Waals surface area contributed by atoms with Crippen molar-refractivity contribution in [1.82, 2.24) is 0 Å². The molecular weight excluding hydrogens is 366 g/mol. The molecule has 2 atom stereocenters. The maximum atomic E-state index is 11.9. The number of anilines is 1. The molecule has 1 fully saturated rings. The number of benzene rings is 2. The summed E-state index contributed by atoms with van der Waals surface area (Å²) in [5, 5.41) is 2.70. The van der Waals surface area contributed by atoms with Crippen molar-refractivity contribution in [1.29, 1.82) is 0 Å². The minimum absolute atomic E-state index is 0.217. The summed E-state index contributed by atoms with van der Waals surface area (Å²) in [6.07, 6.45) is 2.61. The molecule has 2 aromatic rings. The van der Waals surface area contributed by atoms with E-state index in [2.05, 4.69) is 5.32 Å². The van der Waals surface area contributed by atoms with Gasteiger partial charge in [0.1, 0.15) is 6.61 Å². The first-order chi connectivity index (χ1) is 12.9. The van der Waals surface area contributed by atoms with Crippen LogP contribution < -0.4 is 5.32 Å². The van der Waals surface area contributed by atoms with Gasteiger partial charge in [-0.15, -0.1) is 0 Å². The van der Waals surface area contributed by atoms with Crippen molar-refractivity contribution in [3.8, 4) is 0 Å². The van der Waals surface area contributed by atoms with E-state index in [1.54, 1.807) is 0 Å². The van der Waals surface area contributed by atoms with Gasteiger partial charge in [-0.25, -0.2) is 4.79 Å². The van der Waals surface area contributed by atoms with Gasteiger partial charge in [-0.3, -0.25) is 9.50 Å². The Kier molecular flexibility index (Phi) is 6.13. The van der Waals surface area contributed by atoms with Gasteiger partial charge >= 0.3 is 6.09 Å². The number of hydrogen-bond acceptors (Lipinski definition) is 5. The number of ether oxygens (including phenoxy) is 1. The summed E-state index contributed by atoms with van der Waals surface area (Å²) < 4.78 is 32.8. The third-order valence-electron chi connectivity index (χ3n) is 4.54. The van der Waals surface area contributed by atoms with Crippen molar-refractivity contribution in [2.45, 2.75) is 37.9 Å². The van der Waals surface area contributed by atoms with Gasteiger partial charge in [0.15, 0.2) is 0 Å². The molecule has 1 saturated carbocycles. The molecule has 6 nitrogen and oxygen atoms in total. The molecule has 1 aliphatic rings. The Morgan fingerprint density at radius 2 is 1.78 bits per heavy atom. The van der Waals surface area contributed by atoms with Crippen LogP contribution in [-0.4, -0.2) is 26.9 Å². The van der Waals surface area contributed by atoms with Crippen LogP contribution in [0.3, 0.4) is 0 Å². The van der Waals surface area contributed by atoms with Crippen molar-refractivity contribution in [2.24, 2.45) is 0 Å². The monoisotopic (exact) mass is 389 g/mol. The van der Waals surface area contributed by atoms with Crippen LogP contribution in [-0.2, 0) is 25.6 Å². The fraction of sp³-hybridized carbons (Fsp3) is 0.350. The fourth-order valence-electron chi connectivity index (χ4n) is 3.29. The highest BCUT2D eigenvalue weighted by Crippen LogP contribution is 2.36. The van der Waals surface area contributed by atoms with E-state index in [4.69, 9.17) is 8.92 Å². The number of amides is 1. The smallest absolute Gasteiger partial charge is 0.411 e. The van der Waals surface area contributed by atoms with Crippen molar-refractivity contribution in [3.05, 3.63) is 65.7 Å². The highest BCUT2D eigenvalue weighted by Gasteiger charge is 2.28. The zero-order chi connectivity index (χ0) is 19.3. The van der Waals surface area contributed by atoms with Crippen LogP contribution in [0, 0.1) is 0 Å². The SMILES string of the molecule is CS(=O)(=O)OC1CCC(c2ccc(NC(=O)OCc3ccccc3)cc2)C1. The molecule has 0 spiro atoms. The molecule has 0 aromatic heterocycles. The number of carbonyl (C=O) groups excluding carboxylic acids is 1. The lowest BCUT2D eigenvalue weighted by Gasteiger charge is -2.12. The van der Waals surface area contributed by atoms with Gasteiger partial charge in [0.2, 0.25) is 0 Å². The highest BCUT2D eigenvalue weighted by molar-refractivity contribution is 7.86. The van der Waals surface area contributed by atoms with Crippen LogP contribution in [0.2, 0.25) is 0 Å². The Balaban J connectivity index is 1.49. The molecule has 0 aliphatic heterocycles. The predicted molar refractivity (Wildman–Crippen MR) is 103 cm³/mol. The molecule has 2 aromatic carbocycles. The number of carbonyl (C=O) groups is 1. The second kappa shape index (κ2) is 8.54. The summed E-state index contributed by atoms with van der Waals surface area (Å²) in [6, 6.07) is 17.0. The topological polar surface area (TPSA) is 81.7 Å². The van der Waals surface area contributed by atoms with Crippen molar-refractivity contribution in [3.63, 3.8) is 0 Å². The Labute approximate surface area is 159 Å². The van der Waals surface area contributed by atoms with E-state index in [9.17, 15) is 13.2 Å². The lowest BCUT2D eigenvalue weighted by Crippen LogP contribution is -2.14. The van der Waals surface area contributed by atoms with Gasteiger partial charge in [0.05, 0.1) is 12.4 Å². The predicted octanol–water partition coefficient (Wildman–Crippen LogP) is 4.05. The minimum Gasteiger partial charge on any atom is -0.444 e. The molecule has 144 valence electrons. The van der Waals surface area contributed by atoms with Gasteiger partial charge in [-0.2, -0.15) is 8.42 Å². The third-order valence-corrected chi connectivity index (χ3v) is 5.16. The maximum Gasteiger partial charge on any atom is 0.411 e. The summed E-state index contributed by atoms with van der Waals surface area (Å²) in [5.74, 6) is 0.260. The maximum absolute atomic E-state index is 11.9. The molecule has 7 heteroatoms. The summed E-state index contributed by atoms with van der Waals surface area (Å²) in [4.78, 5) is 11.9. The van der Waals surface area contributed by atoms with Gasteiger partial charge < -0.3 is 4.74 Å². The summed E-state index contributed by atoms with van der Waals surface area (Å²) in [7, 11) is -3.42. The lowest BCUT2D eigenvalue weighted by molar-refractivity contribution is 0.155. The van der Waals surface area contributed by atoms with Gasteiger partial charge in [0.25, 0.3) is 10.1 Å². The molecule has 1 N–H and O–H groups in total. The van der Waals surface area contributed by atoms with E-state index in [0.29, 0.717) is 12.1 Å². The molecule has 3 rings (SSSR count). The van der Waals surface area contributed by atoms with Crippen LogP contribution in [0.1, 0.15) is 36.3 Å². The summed E-state index contributed by atoms with van der Waals surface area (Å²) >= 11 is 0. The summed E-state index contributed by atoms with van der Waals surface area (Å²) in [5.41, 5.74) is 2.69. The number of nitrogens with one attached hydrogen (secondary N) is 1. The second-order valence-electron chi connectivity index (χ2n) is 6.74. The second-order valence-corrected chi connectivity index (χ2v) is 8.34. The Morgan fingerprint density at radius 1 is 1.07 bits per heavy atom. The van der Waals surface area contributed by atoms with E-state index >= 15 is 0 Å². The zero-order valence-electron chi connectivity index (χ0n) is 15.1. The van der Waals surface area contributed by atoms with Crippen molar-refractivity contribution in [2.75, 3.05) is 11.6 Å². The van der Waals surface area contributed by atoms with Crippen molar-refractivity contribution < 1.29 is 22.1 Å².